The molecule has 1 saturated heterocycles. The smallest absolute Gasteiger partial charge is 0.255 e. The molecular formula is C26H28N2O3S. The van der Waals surface area contributed by atoms with Crippen LogP contribution in [-0.4, -0.2) is 54.6 Å². The SMILES string of the molecule is COc1ccc2cc(CN(C)C(=O)c3ccccc3SCC(=O)N3CCCC3)ccc2c1. The highest BCUT2D eigenvalue weighted by Crippen LogP contribution is 2.26. The monoisotopic (exact) mass is 448 g/mol. The molecule has 5 nitrogen and oxygen atoms in total. The van der Waals surface area contributed by atoms with E-state index in [1.807, 2.05) is 60.5 Å². The highest BCUT2D eigenvalue weighted by Gasteiger charge is 2.20. The van der Waals surface area contributed by atoms with Gasteiger partial charge >= 0.3 is 0 Å². The summed E-state index contributed by atoms with van der Waals surface area (Å²) in [4.78, 5) is 30.1. The van der Waals surface area contributed by atoms with Gasteiger partial charge in [-0.1, -0.05) is 30.3 Å². The van der Waals surface area contributed by atoms with Crippen molar-refractivity contribution in [3.8, 4) is 5.75 Å². The van der Waals surface area contributed by atoms with Crippen molar-refractivity contribution < 1.29 is 14.3 Å². The van der Waals surface area contributed by atoms with Crippen molar-refractivity contribution in [3.63, 3.8) is 0 Å². The number of likely N-dealkylation sites (tertiary alicyclic amines) is 1. The standard InChI is InChI=1S/C26H28N2O3S/c1-27(17-19-9-10-21-16-22(31-2)12-11-20(21)15-19)26(30)23-7-3-4-8-24(23)32-18-25(29)28-13-5-6-14-28/h3-4,7-12,15-16H,5-6,13-14,17-18H2,1-2H3. The topological polar surface area (TPSA) is 49.9 Å². The molecule has 0 radical (unpaired) electrons. The van der Waals surface area contributed by atoms with Crippen molar-refractivity contribution in [3.05, 3.63) is 71.8 Å². The minimum absolute atomic E-state index is 0.0449. The third-order valence-electron chi connectivity index (χ3n) is 5.81. The number of rotatable bonds is 7. The first-order valence-electron chi connectivity index (χ1n) is 10.9. The van der Waals surface area contributed by atoms with Gasteiger partial charge in [-0.2, -0.15) is 0 Å². The predicted molar refractivity (Wildman–Crippen MR) is 129 cm³/mol. The first kappa shape index (κ1) is 22.2. The summed E-state index contributed by atoms with van der Waals surface area (Å²) in [7, 11) is 3.48. The number of amides is 2. The Bertz CT molecular complexity index is 1130. The molecule has 3 aromatic rings. The van der Waals surface area contributed by atoms with E-state index in [1.165, 1.54) is 11.8 Å². The third-order valence-corrected chi connectivity index (χ3v) is 6.86. The van der Waals surface area contributed by atoms with E-state index in [0.717, 1.165) is 52.9 Å². The van der Waals surface area contributed by atoms with Gasteiger partial charge in [-0.05, 0) is 59.5 Å². The second-order valence-electron chi connectivity index (χ2n) is 8.08. The number of carbonyl (C=O) groups is 2. The van der Waals surface area contributed by atoms with E-state index in [0.29, 0.717) is 17.9 Å². The Kier molecular flexibility index (Phi) is 7.00. The number of hydrogen-bond donors (Lipinski definition) is 0. The molecule has 1 fully saturated rings. The van der Waals surface area contributed by atoms with E-state index >= 15 is 0 Å². The van der Waals surface area contributed by atoms with Crippen LogP contribution in [0.3, 0.4) is 0 Å². The van der Waals surface area contributed by atoms with E-state index in [1.54, 1.807) is 12.0 Å². The molecular weight excluding hydrogens is 420 g/mol. The number of methoxy groups -OCH3 is 1. The minimum atomic E-state index is -0.0449. The number of nitrogens with zero attached hydrogens (tertiary/aromatic N) is 2. The van der Waals surface area contributed by atoms with Gasteiger partial charge in [0.15, 0.2) is 0 Å². The molecule has 0 saturated carbocycles. The summed E-state index contributed by atoms with van der Waals surface area (Å²) in [6.07, 6.45) is 2.16. The molecule has 0 bridgehead atoms. The van der Waals surface area contributed by atoms with Gasteiger partial charge in [-0.3, -0.25) is 9.59 Å². The molecule has 0 unspecified atom stereocenters. The van der Waals surface area contributed by atoms with Crippen LogP contribution in [0, 0.1) is 0 Å². The van der Waals surface area contributed by atoms with Crippen LogP contribution in [0.4, 0.5) is 0 Å². The van der Waals surface area contributed by atoms with Crippen molar-refractivity contribution in [2.24, 2.45) is 0 Å². The zero-order chi connectivity index (χ0) is 22.5. The second kappa shape index (κ2) is 10.1. The molecule has 1 aliphatic heterocycles. The average molecular weight is 449 g/mol. The average Bonchev–Trinajstić information content (AvgIpc) is 3.37. The van der Waals surface area contributed by atoms with Crippen molar-refractivity contribution in [2.45, 2.75) is 24.3 Å². The summed E-state index contributed by atoms with van der Waals surface area (Å²) in [6.45, 7) is 2.20. The molecule has 0 atom stereocenters. The zero-order valence-corrected chi connectivity index (χ0v) is 19.4. The van der Waals surface area contributed by atoms with E-state index in [9.17, 15) is 9.59 Å². The van der Waals surface area contributed by atoms with Crippen LogP contribution in [0.15, 0.2) is 65.6 Å². The Labute approximate surface area is 193 Å². The molecule has 1 aliphatic rings. The lowest BCUT2D eigenvalue weighted by atomic mass is 10.1. The first-order valence-corrected chi connectivity index (χ1v) is 11.9. The molecule has 0 aromatic heterocycles. The minimum Gasteiger partial charge on any atom is -0.497 e. The van der Waals surface area contributed by atoms with Crippen molar-refractivity contribution in [1.29, 1.82) is 0 Å². The van der Waals surface area contributed by atoms with E-state index in [2.05, 4.69) is 12.1 Å². The van der Waals surface area contributed by atoms with Crippen LogP contribution >= 0.6 is 11.8 Å². The lowest BCUT2D eigenvalue weighted by Crippen LogP contribution is -2.29. The summed E-state index contributed by atoms with van der Waals surface area (Å²) in [6, 6.07) is 19.7. The summed E-state index contributed by atoms with van der Waals surface area (Å²) in [5, 5.41) is 2.21. The van der Waals surface area contributed by atoms with Crippen molar-refractivity contribution in [2.75, 3.05) is 33.0 Å². The molecule has 6 heteroatoms. The van der Waals surface area contributed by atoms with Crippen LogP contribution < -0.4 is 4.74 Å². The zero-order valence-electron chi connectivity index (χ0n) is 18.5. The molecule has 0 aliphatic carbocycles. The van der Waals surface area contributed by atoms with E-state index < -0.39 is 0 Å². The normalized spacial score (nSPS) is 13.4. The Balaban J connectivity index is 1.44. The fourth-order valence-corrected chi connectivity index (χ4v) is 4.96. The lowest BCUT2D eigenvalue weighted by molar-refractivity contribution is -0.127. The van der Waals surface area contributed by atoms with Crippen LogP contribution in [0.1, 0.15) is 28.8 Å². The maximum Gasteiger partial charge on any atom is 0.255 e. The lowest BCUT2D eigenvalue weighted by Gasteiger charge is -2.20. The van der Waals surface area contributed by atoms with Crippen LogP contribution in [0.2, 0.25) is 0 Å². The fourth-order valence-electron chi connectivity index (χ4n) is 4.02. The Hall–Kier alpha value is -2.99. The van der Waals surface area contributed by atoms with Gasteiger partial charge in [-0.15, -0.1) is 11.8 Å². The molecule has 4 rings (SSSR count). The van der Waals surface area contributed by atoms with Gasteiger partial charge in [0, 0.05) is 31.6 Å². The van der Waals surface area contributed by atoms with Gasteiger partial charge in [0.2, 0.25) is 5.91 Å². The van der Waals surface area contributed by atoms with Gasteiger partial charge < -0.3 is 14.5 Å². The summed E-state index contributed by atoms with van der Waals surface area (Å²) in [5.41, 5.74) is 1.70. The molecule has 166 valence electrons. The number of thioether (sulfide) groups is 1. The van der Waals surface area contributed by atoms with Crippen LogP contribution in [0.5, 0.6) is 5.75 Å². The molecule has 3 aromatic carbocycles. The van der Waals surface area contributed by atoms with E-state index in [-0.39, 0.29) is 11.8 Å². The Morgan fingerprint density at radius 1 is 1.00 bits per heavy atom. The van der Waals surface area contributed by atoms with E-state index in [4.69, 9.17) is 4.74 Å². The molecule has 1 heterocycles. The largest absolute Gasteiger partial charge is 0.497 e. The van der Waals surface area contributed by atoms with Crippen molar-refractivity contribution >= 4 is 34.3 Å². The quantitative estimate of drug-likeness (QED) is 0.486. The van der Waals surface area contributed by atoms with Crippen LogP contribution in [-0.2, 0) is 11.3 Å². The van der Waals surface area contributed by atoms with Gasteiger partial charge in [0.25, 0.3) is 5.91 Å². The maximum atomic E-state index is 13.2. The first-order chi connectivity index (χ1) is 15.5. The second-order valence-corrected chi connectivity index (χ2v) is 9.10. The molecule has 0 N–H and O–H groups in total. The predicted octanol–water partition coefficient (Wildman–Crippen LogP) is 4.84. The number of ether oxygens (including phenoxy) is 1. The summed E-state index contributed by atoms with van der Waals surface area (Å²) >= 11 is 1.45. The number of carbonyl (C=O) groups excluding carboxylic acids is 2. The number of benzene rings is 3. The van der Waals surface area contributed by atoms with Crippen molar-refractivity contribution in [1.82, 2.24) is 9.80 Å². The maximum absolute atomic E-state index is 13.2. The molecule has 2 amide bonds. The Morgan fingerprint density at radius 3 is 2.50 bits per heavy atom. The van der Waals surface area contributed by atoms with Gasteiger partial charge in [0.1, 0.15) is 5.75 Å². The highest BCUT2D eigenvalue weighted by atomic mass is 32.2. The molecule has 32 heavy (non-hydrogen) atoms. The highest BCUT2D eigenvalue weighted by molar-refractivity contribution is 8.00. The Morgan fingerprint density at radius 2 is 1.72 bits per heavy atom. The number of fused-ring (bicyclic) bond motifs is 1. The third kappa shape index (κ3) is 5.07. The summed E-state index contributed by atoms with van der Waals surface area (Å²) < 4.78 is 5.29. The van der Waals surface area contributed by atoms with Gasteiger partial charge in [0.05, 0.1) is 18.4 Å². The fraction of sp³-hybridized carbons (Fsp3) is 0.308. The summed E-state index contributed by atoms with van der Waals surface area (Å²) in [5.74, 6) is 1.30. The number of hydrogen-bond acceptors (Lipinski definition) is 4. The molecule has 0 spiro atoms. The van der Waals surface area contributed by atoms with Crippen LogP contribution in [0.25, 0.3) is 10.8 Å². The van der Waals surface area contributed by atoms with Gasteiger partial charge in [-0.25, -0.2) is 0 Å².